The number of rotatable bonds is 6. The third-order valence-electron chi connectivity index (χ3n) is 3.28. The molecule has 2 aromatic carbocycles. The van der Waals surface area contributed by atoms with Crippen molar-refractivity contribution in [2.24, 2.45) is 5.10 Å². The first-order valence-electron chi connectivity index (χ1n) is 6.95. The highest BCUT2D eigenvalue weighted by Gasteiger charge is 2.14. The smallest absolute Gasteiger partial charge is 0.203 e. The monoisotopic (exact) mass is 378 g/mol. The number of halogens is 1. The van der Waals surface area contributed by atoms with E-state index in [2.05, 4.69) is 26.5 Å². The average molecular weight is 379 g/mol. The lowest BCUT2D eigenvalue weighted by molar-refractivity contribution is 0.324. The summed E-state index contributed by atoms with van der Waals surface area (Å²) in [6.07, 6.45) is 0. The minimum Gasteiger partial charge on any atom is -0.493 e. The van der Waals surface area contributed by atoms with Gasteiger partial charge in [0, 0.05) is 10.0 Å². The first-order valence-corrected chi connectivity index (χ1v) is 7.74. The predicted octanol–water partition coefficient (Wildman–Crippen LogP) is 4.31. The lowest BCUT2D eigenvalue weighted by atomic mass is 10.1. The van der Waals surface area contributed by atoms with Crippen LogP contribution in [-0.2, 0) is 0 Å². The Labute approximate surface area is 144 Å². The van der Waals surface area contributed by atoms with Gasteiger partial charge in [0.15, 0.2) is 11.5 Å². The van der Waals surface area contributed by atoms with Crippen LogP contribution in [0.5, 0.6) is 17.2 Å². The van der Waals surface area contributed by atoms with Gasteiger partial charge in [-0.05, 0) is 43.3 Å². The molecule has 23 heavy (non-hydrogen) atoms. The molecular formula is C17H19BrN2O3. The van der Waals surface area contributed by atoms with E-state index in [9.17, 15) is 0 Å². The number of benzene rings is 2. The second-order valence-corrected chi connectivity index (χ2v) is 5.65. The highest BCUT2D eigenvalue weighted by atomic mass is 79.9. The maximum atomic E-state index is 5.36. The van der Waals surface area contributed by atoms with Crippen molar-refractivity contribution in [3.8, 4) is 17.2 Å². The van der Waals surface area contributed by atoms with Crippen LogP contribution in [-0.4, -0.2) is 27.0 Å². The lowest BCUT2D eigenvalue weighted by Gasteiger charge is -2.14. The molecule has 0 aliphatic carbocycles. The SMILES string of the molecule is COc1cc(/C(C)=N/Nc2ccc(Br)cc2)cc(OC)c1OC. The topological polar surface area (TPSA) is 52.1 Å². The van der Waals surface area contributed by atoms with Gasteiger partial charge in [-0.15, -0.1) is 0 Å². The number of hydrazone groups is 1. The summed E-state index contributed by atoms with van der Waals surface area (Å²) in [5.74, 6) is 1.76. The quantitative estimate of drug-likeness (QED) is 0.600. The molecule has 0 aromatic heterocycles. The van der Waals surface area contributed by atoms with E-state index in [0.717, 1.165) is 21.4 Å². The van der Waals surface area contributed by atoms with E-state index < -0.39 is 0 Å². The molecule has 0 saturated heterocycles. The molecule has 0 radical (unpaired) electrons. The normalized spacial score (nSPS) is 11.1. The molecule has 5 nitrogen and oxygen atoms in total. The molecule has 2 aromatic rings. The zero-order chi connectivity index (χ0) is 16.8. The molecule has 0 aliphatic rings. The van der Waals surface area contributed by atoms with Crippen molar-refractivity contribution in [3.63, 3.8) is 0 Å². The van der Waals surface area contributed by atoms with Crippen LogP contribution in [0.2, 0.25) is 0 Å². The van der Waals surface area contributed by atoms with E-state index in [1.54, 1.807) is 21.3 Å². The van der Waals surface area contributed by atoms with Crippen molar-refractivity contribution in [2.75, 3.05) is 26.8 Å². The van der Waals surface area contributed by atoms with Crippen LogP contribution < -0.4 is 19.6 Å². The zero-order valence-corrected chi connectivity index (χ0v) is 15.1. The maximum Gasteiger partial charge on any atom is 0.203 e. The first kappa shape index (κ1) is 17.1. The summed E-state index contributed by atoms with van der Waals surface area (Å²) in [5, 5.41) is 4.40. The number of hydrogen-bond acceptors (Lipinski definition) is 5. The van der Waals surface area contributed by atoms with Crippen molar-refractivity contribution in [1.29, 1.82) is 0 Å². The largest absolute Gasteiger partial charge is 0.493 e. The van der Waals surface area contributed by atoms with Crippen molar-refractivity contribution >= 4 is 27.3 Å². The van der Waals surface area contributed by atoms with Gasteiger partial charge >= 0.3 is 0 Å². The van der Waals surface area contributed by atoms with Crippen LogP contribution in [0.3, 0.4) is 0 Å². The molecule has 0 amide bonds. The Hall–Kier alpha value is -2.21. The molecule has 0 atom stereocenters. The second-order valence-electron chi connectivity index (χ2n) is 4.73. The second kappa shape index (κ2) is 7.87. The van der Waals surface area contributed by atoms with Gasteiger partial charge in [-0.25, -0.2) is 0 Å². The Morgan fingerprint density at radius 1 is 0.957 bits per heavy atom. The number of nitrogens with one attached hydrogen (secondary N) is 1. The van der Waals surface area contributed by atoms with Crippen molar-refractivity contribution in [2.45, 2.75) is 6.92 Å². The Bertz CT molecular complexity index is 674. The van der Waals surface area contributed by atoms with E-state index in [1.807, 2.05) is 43.3 Å². The molecule has 6 heteroatoms. The Kier molecular flexibility index (Phi) is 5.87. The highest BCUT2D eigenvalue weighted by molar-refractivity contribution is 9.10. The summed E-state index contributed by atoms with van der Waals surface area (Å²) in [5.41, 5.74) is 5.61. The molecule has 122 valence electrons. The van der Waals surface area contributed by atoms with Gasteiger partial charge in [0.2, 0.25) is 5.75 Å². The van der Waals surface area contributed by atoms with Crippen LogP contribution in [0.25, 0.3) is 0 Å². The van der Waals surface area contributed by atoms with Gasteiger partial charge in [0.05, 0.1) is 32.7 Å². The Balaban J connectivity index is 2.29. The fraction of sp³-hybridized carbons (Fsp3) is 0.235. The molecule has 0 saturated carbocycles. The van der Waals surface area contributed by atoms with E-state index >= 15 is 0 Å². The summed E-state index contributed by atoms with van der Waals surface area (Å²) in [6, 6.07) is 11.5. The lowest BCUT2D eigenvalue weighted by Crippen LogP contribution is -2.03. The molecule has 0 aliphatic heterocycles. The van der Waals surface area contributed by atoms with Crippen LogP contribution >= 0.6 is 15.9 Å². The zero-order valence-electron chi connectivity index (χ0n) is 13.5. The van der Waals surface area contributed by atoms with E-state index in [-0.39, 0.29) is 0 Å². The number of hydrogen-bond donors (Lipinski definition) is 1. The summed E-state index contributed by atoms with van der Waals surface area (Å²) in [4.78, 5) is 0. The highest BCUT2D eigenvalue weighted by Crippen LogP contribution is 2.38. The fourth-order valence-electron chi connectivity index (χ4n) is 2.03. The molecule has 0 heterocycles. The molecule has 0 spiro atoms. The third kappa shape index (κ3) is 4.16. The molecule has 0 fully saturated rings. The summed E-state index contributed by atoms with van der Waals surface area (Å²) >= 11 is 3.40. The standard InChI is InChI=1S/C17H19BrN2O3/c1-11(19-20-14-7-5-13(18)6-8-14)12-9-15(21-2)17(23-4)16(10-12)22-3/h5-10,20H,1-4H3/b19-11+. The third-order valence-corrected chi connectivity index (χ3v) is 3.81. The van der Waals surface area contributed by atoms with Crippen LogP contribution in [0.4, 0.5) is 5.69 Å². The van der Waals surface area contributed by atoms with Crippen molar-refractivity contribution < 1.29 is 14.2 Å². The summed E-state index contributed by atoms with van der Waals surface area (Å²) in [6.45, 7) is 1.91. The van der Waals surface area contributed by atoms with E-state index in [4.69, 9.17) is 14.2 Å². The molecule has 0 bridgehead atoms. The van der Waals surface area contributed by atoms with Crippen molar-refractivity contribution in [1.82, 2.24) is 0 Å². The van der Waals surface area contributed by atoms with Crippen molar-refractivity contribution in [3.05, 3.63) is 46.4 Å². The molecule has 2 rings (SSSR count). The van der Waals surface area contributed by atoms with E-state index in [1.165, 1.54) is 0 Å². The minimum atomic E-state index is 0.562. The molecular weight excluding hydrogens is 360 g/mol. The Morgan fingerprint density at radius 3 is 2.00 bits per heavy atom. The van der Waals surface area contributed by atoms with Crippen LogP contribution in [0.15, 0.2) is 46.0 Å². The molecule has 1 N–H and O–H groups in total. The molecule has 0 unspecified atom stereocenters. The van der Waals surface area contributed by atoms with Gasteiger partial charge < -0.3 is 14.2 Å². The maximum absolute atomic E-state index is 5.36. The minimum absolute atomic E-state index is 0.562. The predicted molar refractivity (Wildman–Crippen MR) is 96.1 cm³/mol. The first-order chi connectivity index (χ1) is 11.1. The number of anilines is 1. The summed E-state index contributed by atoms with van der Waals surface area (Å²) < 4.78 is 17.1. The average Bonchev–Trinajstić information content (AvgIpc) is 2.59. The number of ether oxygens (including phenoxy) is 3. The van der Waals surface area contributed by atoms with Gasteiger partial charge in [-0.3, -0.25) is 5.43 Å². The number of nitrogens with zero attached hydrogens (tertiary/aromatic N) is 1. The van der Waals surface area contributed by atoms with Gasteiger partial charge in [-0.1, -0.05) is 15.9 Å². The van der Waals surface area contributed by atoms with Gasteiger partial charge in [0.1, 0.15) is 0 Å². The van der Waals surface area contributed by atoms with Gasteiger partial charge in [-0.2, -0.15) is 5.10 Å². The Morgan fingerprint density at radius 2 is 1.52 bits per heavy atom. The van der Waals surface area contributed by atoms with Crippen LogP contribution in [0.1, 0.15) is 12.5 Å². The number of methoxy groups -OCH3 is 3. The van der Waals surface area contributed by atoms with E-state index in [0.29, 0.717) is 17.2 Å². The summed E-state index contributed by atoms with van der Waals surface area (Å²) in [7, 11) is 4.76. The van der Waals surface area contributed by atoms with Crippen LogP contribution in [0, 0.1) is 0 Å². The fourth-order valence-corrected chi connectivity index (χ4v) is 2.29. The van der Waals surface area contributed by atoms with Gasteiger partial charge in [0.25, 0.3) is 0 Å².